The molecule has 0 aromatic carbocycles. The minimum atomic E-state index is -0.238. The summed E-state index contributed by atoms with van der Waals surface area (Å²) in [6.45, 7) is 5.30. The van der Waals surface area contributed by atoms with Crippen LogP contribution in [0, 0.1) is 0 Å². The highest BCUT2D eigenvalue weighted by Crippen LogP contribution is 2.30. The zero-order valence-electron chi connectivity index (χ0n) is 21.1. The van der Waals surface area contributed by atoms with Gasteiger partial charge in [0.2, 0.25) is 0 Å². The molecule has 192 valence electrons. The third-order valence-electron chi connectivity index (χ3n) is 7.17. The molecule has 2 aliphatic rings. The van der Waals surface area contributed by atoms with E-state index in [1.54, 1.807) is 24.2 Å². The lowest BCUT2D eigenvalue weighted by Crippen LogP contribution is -2.32. The van der Waals surface area contributed by atoms with Gasteiger partial charge < -0.3 is 25.8 Å². The highest BCUT2D eigenvalue weighted by atomic mass is 35.5. The summed E-state index contributed by atoms with van der Waals surface area (Å²) in [5.41, 5.74) is 8.21. The third kappa shape index (κ3) is 4.67. The molecule has 2 aliphatic heterocycles. The van der Waals surface area contributed by atoms with E-state index in [2.05, 4.69) is 40.1 Å². The Kier molecular flexibility index (Phi) is 6.90. The summed E-state index contributed by atoms with van der Waals surface area (Å²) in [5, 5.41) is 8.74. The molecule has 5 heterocycles. The van der Waals surface area contributed by atoms with Crippen molar-refractivity contribution in [3.63, 3.8) is 0 Å². The van der Waals surface area contributed by atoms with Crippen LogP contribution in [0.15, 0.2) is 24.4 Å². The number of nitrogens with zero attached hydrogens (tertiary/aromatic N) is 7. The standard InChI is InChI=1S/C25H34ClN9O/c1-4-20-19-12-22-30-21(34-10-7-17(27)15-34)13-23(35(22)31-19)32(2)9-6-5-8-28-24-18(25(36)33(20)3)11-16(26)14-29-24/h11-14,17,20H,4-10,15,27H2,1-3H3,(H,28,29)/t17-,20?/m0/s1. The van der Waals surface area contributed by atoms with Crippen LogP contribution >= 0.6 is 11.6 Å². The van der Waals surface area contributed by atoms with Crippen molar-refractivity contribution in [2.24, 2.45) is 5.73 Å². The number of nitrogens with one attached hydrogen (secondary N) is 1. The van der Waals surface area contributed by atoms with Gasteiger partial charge in [-0.05, 0) is 31.7 Å². The molecule has 0 radical (unpaired) electrons. The monoisotopic (exact) mass is 511 g/mol. The maximum atomic E-state index is 13.6. The summed E-state index contributed by atoms with van der Waals surface area (Å²) in [6, 6.07) is 5.71. The van der Waals surface area contributed by atoms with Crippen molar-refractivity contribution in [3.05, 3.63) is 40.7 Å². The molecule has 1 fully saturated rings. The molecule has 3 aromatic heterocycles. The van der Waals surface area contributed by atoms with Gasteiger partial charge in [-0.15, -0.1) is 0 Å². The van der Waals surface area contributed by atoms with Gasteiger partial charge in [0.25, 0.3) is 5.91 Å². The number of halogens is 1. The molecule has 36 heavy (non-hydrogen) atoms. The fourth-order valence-corrected chi connectivity index (χ4v) is 5.26. The normalized spacial score (nSPS) is 21.5. The quantitative estimate of drug-likeness (QED) is 0.540. The van der Waals surface area contributed by atoms with Crippen LogP contribution in [-0.2, 0) is 0 Å². The Morgan fingerprint density at radius 1 is 1.19 bits per heavy atom. The van der Waals surface area contributed by atoms with Crippen LogP contribution in [0.5, 0.6) is 0 Å². The fraction of sp³-hybridized carbons (Fsp3) is 0.520. The number of rotatable bonds is 2. The largest absolute Gasteiger partial charge is 0.369 e. The van der Waals surface area contributed by atoms with Gasteiger partial charge in [-0.2, -0.15) is 9.61 Å². The number of pyridine rings is 1. The van der Waals surface area contributed by atoms with Crippen LogP contribution in [0.4, 0.5) is 17.5 Å². The van der Waals surface area contributed by atoms with Crippen molar-refractivity contribution < 1.29 is 4.79 Å². The first-order valence-electron chi connectivity index (χ1n) is 12.6. The molecule has 0 aliphatic carbocycles. The predicted octanol–water partition coefficient (Wildman–Crippen LogP) is 3.18. The number of carbonyl (C=O) groups is 1. The third-order valence-corrected chi connectivity index (χ3v) is 7.37. The molecule has 5 rings (SSSR count). The molecular weight excluding hydrogens is 478 g/mol. The zero-order valence-corrected chi connectivity index (χ0v) is 21.9. The Labute approximate surface area is 216 Å². The van der Waals surface area contributed by atoms with Crippen molar-refractivity contribution in [1.29, 1.82) is 0 Å². The molecule has 3 aromatic rings. The number of aromatic nitrogens is 4. The maximum Gasteiger partial charge on any atom is 0.257 e. The molecule has 1 unspecified atom stereocenters. The molecule has 1 saturated heterocycles. The number of amides is 1. The van der Waals surface area contributed by atoms with Crippen molar-refractivity contribution >= 4 is 40.6 Å². The first kappa shape index (κ1) is 24.6. The first-order chi connectivity index (χ1) is 17.4. The van der Waals surface area contributed by atoms with Gasteiger partial charge in [0.15, 0.2) is 5.65 Å². The Morgan fingerprint density at radius 2 is 2.03 bits per heavy atom. The van der Waals surface area contributed by atoms with Crippen LogP contribution in [0.1, 0.15) is 54.7 Å². The second-order valence-corrected chi connectivity index (χ2v) is 10.2. The van der Waals surface area contributed by atoms with Crippen molar-refractivity contribution in [3.8, 4) is 0 Å². The molecule has 0 spiro atoms. The molecule has 11 heteroatoms. The summed E-state index contributed by atoms with van der Waals surface area (Å²) < 4.78 is 1.90. The second kappa shape index (κ2) is 10.1. The minimum Gasteiger partial charge on any atom is -0.369 e. The van der Waals surface area contributed by atoms with Crippen molar-refractivity contribution in [1.82, 2.24) is 24.5 Å². The SMILES string of the molecule is CCC1c2cc3nc(N4CC[C@H](N)C4)cc(n3n2)N(C)CCCCNc2ncc(Cl)cc2C(=O)N1C. The number of hydrogen-bond donors (Lipinski definition) is 2. The van der Waals surface area contributed by atoms with Crippen LogP contribution in [0.3, 0.4) is 0 Å². The van der Waals surface area contributed by atoms with E-state index in [0.717, 1.165) is 61.9 Å². The van der Waals surface area contributed by atoms with Crippen LogP contribution < -0.4 is 20.9 Å². The first-order valence-corrected chi connectivity index (χ1v) is 13.0. The summed E-state index contributed by atoms with van der Waals surface area (Å²) in [7, 11) is 3.90. The molecule has 1 amide bonds. The number of hydrogen-bond acceptors (Lipinski definition) is 8. The predicted molar refractivity (Wildman–Crippen MR) is 143 cm³/mol. The van der Waals surface area contributed by atoms with Crippen LogP contribution in [-0.4, -0.2) is 76.7 Å². The average molecular weight is 512 g/mol. The van der Waals surface area contributed by atoms with Gasteiger partial charge >= 0.3 is 0 Å². The lowest BCUT2D eigenvalue weighted by molar-refractivity contribution is 0.0723. The summed E-state index contributed by atoms with van der Waals surface area (Å²) in [5.74, 6) is 2.30. The summed E-state index contributed by atoms with van der Waals surface area (Å²) in [6.07, 6.45) is 5.10. The molecule has 3 N–H and O–H groups in total. The van der Waals surface area contributed by atoms with Crippen molar-refractivity contribution in [2.75, 3.05) is 55.4 Å². The number of anilines is 3. The van der Waals surface area contributed by atoms with Gasteiger partial charge in [-0.3, -0.25) is 4.79 Å². The lowest BCUT2D eigenvalue weighted by Gasteiger charge is -2.26. The van der Waals surface area contributed by atoms with E-state index in [0.29, 0.717) is 29.4 Å². The highest BCUT2D eigenvalue weighted by Gasteiger charge is 2.28. The Morgan fingerprint density at radius 3 is 2.78 bits per heavy atom. The van der Waals surface area contributed by atoms with E-state index in [9.17, 15) is 4.79 Å². The topological polar surface area (TPSA) is 108 Å². The molecular formula is C25H34ClN9O. The van der Waals surface area contributed by atoms with Gasteiger partial charge in [0.1, 0.15) is 17.5 Å². The van der Waals surface area contributed by atoms with Crippen LogP contribution in [0.25, 0.3) is 5.65 Å². The van der Waals surface area contributed by atoms with Gasteiger partial charge in [-0.25, -0.2) is 9.97 Å². The number of carbonyl (C=O) groups excluding carboxylic acids is 1. The van der Waals surface area contributed by atoms with Gasteiger partial charge in [-0.1, -0.05) is 18.5 Å². The van der Waals surface area contributed by atoms with E-state index in [1.807, 2.05) is 10.6 Å². The minimum absolute atomic E-state index is 0.150. The molecule has 2 atom stereocenters. The van der Waals surface area contributed by atoms with Crippen LogP contribution in [0.2, 0.25) is 5.02 Å². The Bertz CT molecular complexity index is 1260. The Hall–Kier alpha value is -3.11. The number of fused-ring (bicyclic) bond motifs is 2. The Balaban J connectivity index is 1.60. The van der Waals surface area contributed by atoms with E-state index < -0.39 is 0 Å². The number of nitrogens with two attached hydrogens (primary N) is 1. The van der Waals surface area contributed by atoms with E-state index in [-0.39, 0.29) is 18.0 Å². The smallest absolute Gasteiger partial charge is 0.257 e. The average Bonchev–Trinajstić information content (AvgIpc) is 3.49. The molecule has 2 bridgehead atoms. The van der Waals surface area contributed by atoms with Crippen molar-refractivity contribution in [2.45, 2.75) is 44.7 Å². The second-order valence-electron chi connectivity index (χ2n) is 9.75. The van der Waals surface area contributed by atoms with E-state index in [1.165, 1.54) is 0 Å². The van der Waals surface area contributed by atoms with E-state index >= 15 is 0 Å². The lowest BCUT2D eigenvalue weighted by atomic mass is 10.1. The zero-order chi connectivity index (χ0) is 25.4. The van der Waals surface area contributed by atoms with E-state index in [4.69, 9.17) is 27.4 Å². The van der Waals surface area contributed by atoms with Gasteiger partial charge in [0, 0.05) is 64.6 Å². The maximum absolute atomic E-state index is 13.6. The summed E-state index contributed by atoms with van der Waals surface area (Å²) >= 11 is 6.23. The molecule has 0 saturated carbocycles. The van der Waals surface area contributed by atoms with Gasteiger partial charge in [0.05, 0.1) is 22.3 Å². The highest BCUT2D eigenvalue weighted by molar-refractivity contribution is 6.31. The fourth-order valence-electron chi connectivity index (χ4n) is 5.11. The molecule has 10 nitrogen and oxygen atoms in total. The summed E-state index contributed by atoms with van der Waals surface area (Å²) in [4.78, 5) is 29.2.